The zero-order chi connectivity index (χ0) is 20.6. The van der Waals surface area contributed by atoms with Crippen molar-refractivity contribution < 1.29 is 9.53 Å². The summed E-state index contributed by atoms with van der Waals surface area (Å²) in [6.45, 7) is 6.21. The molecule has 7 heteroatoms. The molecule has 0 fully saturated rings. The summed E-state index contributed by atoms with van der Waals surface area (Å²) < 4.78 is 5.22. The molecule has 0 unspecified atom stereocenters. The molecule has 7 nitrogen and oxygen atoms in total. The first-order chi connectivity index (χ1) is 14.1. The standard InChI is InChI=1S/C22H25N5O2/c1-4-27(5-2)17-12-10-16(11-13-17)23-20-14-15-21(26-25-20)24-22(28)18-8-6-7-9-19(18)29-3/h6-15H,4-5H2,1-3H3,(H,23,25)(H,24,26,28). The molecule has 1 heterocycles. The Balaban J connectivity index is 1.63. The molecule has 0 bridgehead atoms. The van der Waals surface area contributed by atoms with Gasteiger partial charge < -0.3 is 20.3 Å². The van der Waals surface area contributed by atoms with Crippen LogP contribution < -0.4 is 20.3 Å². The SMILES string of the molecule is CCN(CC)c1ccc(Nc2ccc(NC(=O)c3ccccc3OC)nn2)cc1. The fourth-order valence-corrected chi connectivity index (χ4v) is 2.97. The summed E-state index contributed by atoms with van der Waals surface area (Å²) >= 11 is 0. The molecular formula is C22H25N5O2. The first-order valence-corrected chi connectivity index (χ1v) is 9.54. The number of hydrogen-bond acceptors (Lipinski definition) is 6. The van der Waals surface area contributed by atoms with Crippen molar-refractivity contribution in [2.45, 2.75) is 13.8 Å². The predicted octanol–water partition coefficient (Wildman–Crippen LogP) is 4.33. The fourth-order valence-electron chi connectivity index (χ4n) is 2.97. The highest BCUT2D eigenvalue weighted by atomic mass is 16.5. The summed E-state index contributed by atoms with van der Waals surface area (Å²) in [4.78, 5) is 14.7. The molecule has 0 aliphatic rings. The second kappa shape index (κ2) is 9.54. The topological polar surface area (TPSA) is 79.4 Å². The van der Waals surface area contributed by atoms with Crippen molar-refractivity contribution in [3.8, 4) is 5.75 Å². The van der Waals surface area contributed by atoms with Gasteiger partial charge in [-0.3, -0.25) is 4.79 Å². The van der Waals surface area contributed by atoms with Crippen molar-refractivity contribution in [1.29, 1.82) is 0 Å². The number of amides is 1. The molecule has 0 aliphatic carbocycles. The van der Waals surface area contributed by atoms with Crippen molar-refractivity contribution in [2.24, 2.45) is 0 Å². The number of nitrogens with one attached hydrogen (secondary N) is 2. The minimum Gasteiger partial charge on any atom is -0.496 e. The van der Waals surface area contributed by atoms with Gasteiger partial charge in [0.15, 0.2) is 11.6 Å². The second-order valence-corrected chi connectivity index (χ2v) is 6.30. The van der Waals surface area contributed by atoms with Gasteiger partial charge in [0.05, 0.1) is 12.7 Å². The highest BCUT2D eigenvalue weighted by Crippen LogP contribution is 2.21. The Kier molecular flexibility index (Phi) is 6.63. The summed E-state index contributed by atoms with van der Waals surface area (Å²) in [7, 11) is 1.53. The van der Waals surface area contributed by atoms with Crippen LogP contribution in [0.2, 0.25) is 0 Å². The predicted molar refractivity (Wildman–Crippen MR) is 116 cm³/mol. The van der Waals surface area contributed by atoms with Gasteiger partial charge in [0.2, 0.25) is 0 Å². The number of nitrogens with zero attached hydrogens (tertiary/aromatic N) is 3. The van der Waals surface area contributed by atoms with Crippen LogP contribution in [-0.4, -0.2) is 36.3 Å². The molecule has 2 N–H and O–H groups in total. The van der Waals surface area contributed by atoms with Gasteiger partial charge in [-0.15, -0.1) is 10.2 Å². The van der Waals surface area contributed by atoms with E-state index in [-0.39, 0.29) is 5.91 Å². The van der Waals surface area contributed by atoms with E-state index >= 15 is 0 Å². The van der Waals surface area contributed by atoms with E-state index in [0.29, 0.717) is 22.9 Å². The highest BCUT2D eigenvalue weighted by Gasteiger charge is 2.12. The summed E-state index contributed by atoms with van der Waals surface area (Å²) in [5.41, 5.74) is 2.54. The number of aromatic nitrogens is 2. The zero-order valence-corrected chi connectivity index (χ0v) is 16.8. The maximum atomic E-state index is 12.4. The summed E-state index contributed by atoms with van der Waals surface area (Å²) in [5.74, 6) is 1.16. The molecule has 29 heavy (non-hydrogen) atoms. The van der Waals surface area contributed by atoms with E-state index in [1.54, 1.807) is 30.3 Å². The van der Waals surface area contributed by atoms with E-state index < -0.39 is 0 Å². The van der Waals surface area contributed by atoms with Crippen molar-refractivity contribution in [3.63, 3.8) is 0 Å². The number of para-hydroxylation sites is 1. The van der Waals surface area contributed by atoms with Crippen LogP contribution in [0, 0.1) is 0 Å². The molecule has 150 valence electrons. The van der Waals surface area contributed by atoms with E-state index in [1.165, 1.54) is 12.8 Å². The third-order valence-corrected chi connectivity index (χ3v) is 4.53. The molecule has 1 aromatic heterocycles. The van der Waals surface area contributed by atoms with E-state index in [1.807, 2.05) is 18.2 Å². The summed E-state index contributed by atoms with van der Waals surface area (Å²) in [6, 6.07) is 18.6. The van der Waals surface area contributed by atoms with Gasteiger partial charge in [0.1, 0.15) is 5.75 Å². The number of hydrogen-bond donors (Lipinski definition) is 2. The Morgan fingerprint density at radius 2 is 1.59 bits per heavy atom. The molecule has 0 radical (unpaired) electrons. The van der Waals surface area contributed by atoms with E-state index in [4.69, 9.17) is 4.74 Å². The normalized spacial score (nSPS) is 10.3. The van der Waals surface area contributed by atoms with Gasteiger partial charge in [0.25, 0.3) is 5.91 Å². The molecular weight excluding hydrogens is 366 g/mol. The Bertz CT molecular complexity index is 938. The first kappa shape index (κ1) is 20.1. The zero-order valence-electron chi connectivity index (χ0n) is 16.8. The van der Waals surface area contributed by atoms with E-state index in [9.17, 15) is 4.79 Å². The second-order valence-electron chi connectivity index (χ2n) is 6.30. The number of methoxy groups -OCH3 is 1. The lowest BCUT2D eigenvalue weighted by molar-refractivity contribution is 0.102. The molecule has 0 aliphatic heterocycles. The lowest BCUT2D eigenvalue weighted by Crippen LogP contribution is -2.21. The quantitative estimate of drug-likeness (QED) is 0.595. The number of carbonyl (C=O) groups excluding carboxylic acids is 1. The van der Waals surface area contributed by atoms with E-state index in [0.717, 1.165) is 18.8 Å². The van der Waals surface area contributed by atoms with Gasteiger partial charge in [-0.25, -0.2) is 0 Å². The van der Waals surface area contributed by atoms with Crippen LogP contribution >= 0.6 is 0 Å². The van der Waals surface area contributed by atoms with Gasteiger partial charge in [-0.05, 0) is 62.4 Å². The minimum atomic E-state index is -0.301. The van der Waals surface area contributed by atoms with Gasteiger partial charge >= 0.3 is 0 Å². The maximum absolute atomic E-state index is 12.4. The molecule has 0 saturated carbocycles. The number of ether oxygens (including phenoxy) is 1. The average molecular weight is 391 g/mol. The molecule has 0 atom stereocenters. The third-order valence-electron chi connectivity index (χ3n) is 4.53. The van der Waals surface area contributed by atoms with E-state index in [2.05, 4.69) is 51.7 Å². The van der Waals surface area contributed by atoms with Crippen molar-refractivity contribution >= 4 is 28.9 Å². The van der Waals surface area contributed by atoms with Crippen LogP contribution in [0.1, 0.15) is 24.2 Å². The Hall–Kier alpha value is -3.61. The maximum Gasteiger partial charge on any atom is 0.260 e. The van der Waals surface area contributed by atoms with Crippen LogP contribution in [0.25, 0.3) is 0 Å². The lowest BCUT2D eigenvalue weighted by Gasteiger charge is -2.21. The number of carbonyl (C=O) groups is 1. The lowest BCUT2D eigenvalue weighted by atomic mass is 10.2. The van der Waals surface area contributed by atoms with Crippen molar-refractivity contribution in [2.75, 3.05) is 35.7 Å². The largest absolute Gasteiger partial charge is 0.496 e. The van der Waals surface area contributed by atoms with Crippen LogP contribution in [0.3, 0.4) is 0 Å². The summed E-state index contributed by atoms with van der Waals surface area (Å²) in [5, 5.41) is 14.2. The third kappa shape index (κ3) is 5.01. The molecule has 0 saturated heterocycles. The van der Waals surface area contributed by atoms with Crippen LogP contribution in [-0.2, 0) is 0 Å². The summed E-state index contributed by atoms with van der Waals surface area (Å²) in [6.07, 6.45) is 0. The monoisotopic (exact) mass is 391 g/mol. The molecule has 2 aromatic carbocycles. The smallest absolute Gasteiger partial charge is 0.260 e. The van der Waals surface area contributed by atoms with Crippen LogP contribution in [0.4, 0.5) is 23.0 Å². The molecule has 3 aromatic rings. The Morgan fingerprint density at radius 3 is 2.21 bits per heavy atom. The molecule has 1 amide bonds. The van der Waals surface area contributed by atoms with Gasteiger partial charge in [-0.2, -0.15) is 0 Å². The Morgan fingerprint density at radius 1 is 0.931 bits per heavy atom. The minimum absolute atomic E-state index is 0.301. The highest BCUT2D eigenvalue weighted by molar-refractivity contribution is 6.05. The van der Waals surface area contributed by atoms with Gasteiger partial charge in [-0.1, -0.05) is 12.1 Å². The first-order valence-electron chi connectivity index (χ1n) is 9.54. The molecule has 3 rings (SSSR count). The Labute approximate surface area is 170 Å². The van der Waals surface area contributed by atoms with Gasteiger partial charge in [0, 0.05) is 24.5 Å². The van der Waals surface area contributed by atoms with Crippen LogP contribution in [0.5, 0.6) is 5.75 Å². The number of benzene rings is 2. The van der Waals surface area contributed by atoms with Crippen LogP contribution in [0.15, 0.2) is 60.7 Å². The molecule has 0 spiro atoms. The van der Waals surface area contributed by atoms with Crippen molar-refractivity contribution in [3.05, 3.63) is 66.2 Å². The number of anilines is 4. The van der Waals surface area contributed by atoms with Crippen molar-refractivity contribution in [1.82, 2.24) is 10.2 Å². The average Bonchev–Trinajstić information content (AvgIpc) is 2.77. The number of rotatable bonds is 8. The fraction of sp³-hybridized carbons (Fsp3) is 0.227.